The van der Waals surface area contributed by atoms with Gasteiger partial charge in [0, 0.05) is 17.5 Å². The molecule has 0 aromatic heterocycles. The van der Waals surface area contributed by atoms with Crippen molar-refractivity contribution in [2.45, 2.75) is 26.7 Å². The van der Waals surface area contributed by atoms with Crippen LogP contribution in [0.5, 0.6) is 5.75 Å². The molecule has 0 bridgehead atoms. The number of amides is 1. The van der Waals surface area contributed by atoms with Gasteiger partial charge in [-0.1, -0.05) is 20.3 Å². The molecular formula is C20H22FNO3. The highest BCUT2D eigenvalue weighted by Crippen LogP contribution is 2.25. The van der Waals surface area contributed by atoms with Gasteiger partial charge in [0.25, 0.3) is 0 Å². The number of benzene rings is 2. The van der Waals surface area contributed by atoms with E-state index in [1.807, 2.05) is 13.8 Å². The van der Waals surface area contributed by atoms with Crippen molar-refractivity contribution < 1.29 is 18.7 Å². The quantitative estimate of drug-likeness (QED) is 0.756. The van der Waals surface area contributed by atoms with Crippen LogP contribution in [0.25, 0.3) is 0 Å². The van der Waals surface area contributed by atoms with Crippen LogP contribution < -0.4 is 10.1 Å². The van der Waals surface area contributed by atoms with E-state index in [1.54, 1.807) is 18.2 Å². The van der Waals surface area contributed by atoms with Crippen molar-refractivity contribution in [2.75, 3.05) is 12.4 Å². The fourth-order valence-corrected chi connectivity index (χ4v) is 2.37. The lowest BCUT2D eigenvalue weighted by Gasteiger charge is -2.14. The zero-order valence-electron chi connectivity index (χ0n) is 14.6. The molecule has 0 aliphatic carbocycles. The van der Waals surface area contributed by atoms with E-state index >= 15 is 0 Å². The second kappa shape index (κ2) is 8.42. The van der Waals surface area contributed by atoms with Crippen molar-refractivity contribution in [1.82, 2.24) is 0 Å². The monoisotopic (exact) mass is 343 g/mol. The second-order valence-corrected chi connectivity index (χ2v) is 6.01. The Kier molecular flexibility index (Phi) is 6.28. The van der Waals surface area contributed by atoms with Gasteiger partial charge in [-0.2, -0.15) is 0 Å². The summed E-state index contributed by atoms with van der Waals surface area (Å²) >= 11 is 0. The van der Waals surface area contributed by atoms with E-state index in [0.29, 0.717) is 29.0 Å². The first-order valence-corrected chi connectivity index (χ1v) is 8.22. The van der Waals surface area contributed by atoms with Crippen LogP contribution in [0.3, 0.4) is 0 Å². The van der Waals surface area contributed by atoms with E-state index in [1.165, 1.54) is 31.4 Å². The van der Waals surface area contributed by atoms with Crippen LogP contribution in [0, 0.1) is 11.7 Å². The lowest BCUT2D eigenvalue weighted by atomic mass is 10.0. The van der Waals surface area contributed by atoms with Crippen molar-refractivity contribution in [3.63, 3.8) is 0 Å². The lowest BCUT2D eigenvalue weighted by Crippen LogP contribution is -2.17. The maximum Gasteiger partial charge on any atom is 0.224 e. The van der Waals surface area contributed by atoms with E-state index < -0.39 is 5.82 Å². The minimum atomic E-state index is -0.413. The van der Waals surface area contributed by atoms with E-state index in [-0.39, 0.29) is 17.6 Å². The van der Waals surface area contributed by atoms with Crippen molar-refractivity contribution in [3.05, 3.63) is 59.4 Å². The summed E-state index contributed by atoms with van der Waals surface area (Å²) in [6.45, 7) is 4.02. The molecule has 2 aromatic rings. The van der Waals surface area contributed by atoms with Crippen molar-refractivity contribution in [1.29, 1.82) is 0 Å². The molecule has 0 fully saturated rings. The summed E-state index contributed by atoms with van der Waals surface area (Å²) in [4.78, 5) is 25.0. The Morgan fingerprint density at radius 2 is 1.84 bits per heavy atom. The zero-order valence-corrected chi connectivity index (χ0v) is 14.6. The molecular weight excluding hydrogens is 321 g/mol. The average molecular weight is 343 g/mol. The van der Waals surface area contributed by atoms with Gasteiger partial charge in [-0.15, -0.1) is 0 Å². The molecule has 0 spiro atoms. The molecule has 4 nitrogen and oxygen atoms in total. The predicted molar refractivity (Wildman–Crippen MR) is 95.5 cm³/mol. The van der Waals surface area contributed by atoms with Crippen LogP contribution in [0.2, 0.25) is 0 Å². The van der Waals surface area contributed by atoms with Gasteiger partial charge in [0.1, 0.15) is 11.6 Å². The minimum absolute atomic E-state index is 0.146. The fraction of sp³-hybridized carbons (Fsp3) is 0.300. The minimum Gasteiger partial charge on any atom is -0.497 e. The van der Waals surface area contributed by atoms with Crippen LogP contribution >= 0.6 is 0 Å². The Morgan fingerprint density at radius 1 is 1.16 bits per heavy atom. The summed E-state index contributed by atoms with van der Waals surface area (Å²) in [6, 6.07) is 10.2. The number of carbonyl (C=O) groups is 2. The smallest absolute Gasteiger partial charge is 0.224 e. The first kappa shape index (κ1) is 18.6. The molecule has 1 unspecified atom stereocenters. The van der Waals surface area contributed by atoms with Gasteiger partial charge in [-0.3, -0.25) is 9.59 Å². The van der Waals surface area contributed by atoms with E-state index in [2.05, 4.69) is 5.32 Å². The van der Waals surface area contributed by atoms with Crippen LogP contribution in [0.4, 0.5) is 10.1 Å². The number of nitrogens with one attached hydrogen (secondary N) is 1. The van der Waals surface area contributed by atoms with E-state index in [0.717, 1.165) is 6.42 Å². The van der Waals surface area contributed by atoms with E-state index in [4.69, 9.17) is 4.74 Å². The van der Waals surface area contributed by atoms with Crippen molar-refractivity contribution >= 4 is 17.4 Å². The first-order valence-electron chi connectivity index (χ1n) is 8.22. The molecule has 0 heterocycles. The highest BCUT2D eigenvalue weighted by atomic mass is 19.1. The molecule has 2 aromatic carbocycles. The summed E-state index contributed by atoms with van der Waals surface area (Å²) < 4.78 is 18.3. The Labute approximate surface area is 147 Å². The van der Waals surface area contributed by atoms with Crippen molar-refractivity contribution in [3.8, 4) is 5.75 Å². The summed E-state index contributed by atoms with van der Waals surface area (Å²) in [7, 11) is 1.50. The van der Waals surface area contributed by atoms with Gasteiger partial charge in [0.15, 0.2) is 5.78 Å². The number of ether oxygens (including phenoxy) is 1. The Balaban J connectivity index is 2.32. The predicted octanol–water partition coefficient (Wildman–Crippen LogP) is 4.44. The van der Waals surface area contributed by atoms with Gasteiger partial charge in [-0.05, 0) is 48.4 Å². The summed E-state index contributed by atoms with van der Waals surface area (Å²) in [6.07, 6.45) is 1.28. The second-order valence-electron chi connectivity index (χ2n) is 6.01. The zero-order chi connectivity index (χ0) is 18.4. The molecule has 0 saturated heterocycles. The van der Waals surface area contributed by atoms with Crippen LogP contribution in [0.1, 0.15) is 42.6 Å². The van der Waals surface area contributed by atoms with Crippen molar-refractivity contribution in [2.24, 2.45) is 5.92 Å². The van der Waals surface area contributed by atoms with Crippen LogP contribution in [-0.2, 0) is 4.79 Å². The fourth-order valence-electron chi connectivity index (χ4n) is 2.37. The Bertz CT molecular complexity index is 756. The number of methoxy groups -OCH3 is 1. The molecule has 0 radical (unpaired) electrons. The Hall–Kier alpha value is -2.69. The number of halogens is 1. The van der Waals surface area contributed by atoms with Gasteiger partial charge < -0.3 is 10.1 Å². The molecule has 0 aliphatic rings. The maximum atomic E-state index is 13.1. The number of ketones is 1. The van der Waals surface area contributed by atoms with Crippen LogP contribution in [-0.4, -0.2) is 18.8 Å². The number of carbonyl (C=O) groups excluding carboxylic acids is 2. The molecule has 25 heavy (non-hydrogen) atoms. The standard InChI is InChI=1S/C20H22FNO3/c1-4-13(2)11-19(23)22-18-10-9-16(25-3)12-17(18)20(24)14-5-7-15(21)8-6-14/h5-10,12-13H,4,11H2,1-3H3,(H,22,23). The maximum absolute atomic E-state index is 13.1. The molecule has 1 N–H and O–H groups in total. The molecule has 1 amide bonds. The van der Waals surface area contributed by atoms with Gasteiger partial charge >= 0.3 is 0 Å². The molecule has 0 aliphatic heterocycles. The number of rotatable bonds is 7. The lowest BCUT2D eigenvalue weighted by molar-refractivity contribution is -0.117. The van der Waals surface area contributed by atoms with Gasteiger partial charge in [0.05, 0.1) is 12.8 Å². The summed E-state index contributed by atoms with van der Waals surface area (Å²) in [5.74, 6) is -0.102. The molecule has 0 saturated carbocycles. The van der Waals surface area contributed by atoms with E-state index in [9.17, 15) is 14.0 Å². The molecule has 1 atom stereocenters. The SMILES string of the molecule is CCC(C)CC(=O)Nc1ccc(OC)cc1C(=O)c1ccc(F)cc1. The highest BCUT2D eigenvalue weighted by molar-refractivity contribution is 6.14. The third kappa shape index (κ3) is 4.89. The Morgan fingerprint density at radius 3 is 2.44 bits per heavy atom. The average Bonchev–Trinajstić information content (AvgIpc) is 2.61. The summed E-state index contributed by atoms with van der Waals surface area (Å²) in [5.41, 5.74) is 1.07. The normalized spacial score (nSPS) is 11.7. The number of hydrogen-bond donors (Lipinski definition) is 1. The number of anilines is 1. The van der Waals surface area contributed by atoms with Gasteiger partial charge in [-0.25, -0.2) is 4.39 Å². The van der Waals surface area contributed by atoms with Gasteiger partial charge in [0.2, 0.25) is 5.91 Å². The molecule has 5 heteroatoms. The molecule has 132 valence electrons. The number of hydrogen-bond acceptors (Lipinski definition) is 3. The third-order valence-corrected chi connectivity index (χ3v) is 4.08. The third-order valence-electron chi connectivity index (χ3n) is 4.08. The largest absolute Gasteiger partial charge is 0.497 e. The van der Waals surface area contributed by atoms with Crippen LogP contribution in [0.15, 0.2) is 42.5 Å². The molecule has 2 rings (SSSR count). The topological polar surface area (TPSA) is 55.4 Å². The first-order chi connectivity index (χ1) is 11.9. The highest BCUT2D eigenvalue weighted by Gasteiger charge is 2.17. The summed E-state index contributed by atoms with van der Waals surface area (Å²) in [5, 5.41) is 2.80.